The zero-order valence-electron chi connectivity index (χ0n) is 14.0. The average Bonchev–Trinajstić information content (AvgIpc) is 3.37. The van der Waals surface area contributed by atoms with Gasteiger partial charge in [-0.3, -0.25) is 9.20 Å². The van der Waals surface area contributed by atoms with Crippen molar-refractivity contribution in [1.29, 1.82) is 0 Å². The molecule has 0 aliphatic carbocycles. The van der Waals surface area contributed by atoms with Gasteiger partial charge in [0.15, 0.2) is 0 Å². The lowest BCUT2D eigenvalue weighted by atomic mass is 10.2. The molecule has 0 bridgehead atoms. The van der Waals surface area contributed by atoms with Crippen LogP contribution >= 0.6 is 22.7 Å². The van der Waals surface area contributed by atoms with E-state index in [1.165, 1.54) is 11.3 Å². The third-order valence-corrected chi connectivity index (χ3v) is 5.99. The van der Waals surface area contributed by atoms with Crippen LogP contribution in [0.3, 0.4) is 0 Å². The van der Waals surface area contributed by atoms with Crippen LogP contribution in [0.2, 0.25) is 0 Å². The second-order valence-corrected chi connectivity index (χ2v) is 7.90. The predicted molar refractivity (Wildman–Crippen MR) is 104 cm³/mol. The van der Waals surface area contributed by atoms with Crippen molar-refractivity contribution in [3.63, 3.8) is 0 Å². The number of pyridine rings is 1. The van der Waals surface area contributed by atoms with Gasteiger partial charge in [-0.15, -0.1) is 11.3 Å². The van der Waals surface area contributed by atoms with Crippen LogP contribution in [0.15, 0.2) is 53.4 Å². The van der Waals surface area contributed by atoms with Crippen molar-refractivity contribution >= 4 is 34.2 Å². The number of rotatable bonds is 5. The summed E-state index contributed by atoms with van der Waals surface area (Å²) in [4.78, 5) is 18.9. The molecule has 132 valence electrons. The minimum absolute atomic E-state index is 0.158. The van der Waals surface area contributed by atoms with E-state index in [2.05, 4.69) is 10.3 Å². The van der Waals surface area contributed by atoms with Crippen molar-refractivity contribution in [2.24, 2.45) is 0 Å². The molecule has 7 heteroatoms. The van der Waals surface area contributed by atoms with Crippen molar-refractivity contribution in [1.82, 2.24) is 14.7 Å². The predicted octanol–water partition coefficient (Wildman–Crippen LogP) is 3.78. The van der Waals surface area contributed by atoms with Gasteiger partial charge in [-0.1, -0.05) is 6.07 Å². The molecule has 26 heavy (non-hydrogen) atoms. The highest BCUT2D eigenvalue weighted by molar-refractivity contribution is 7.12. The molecule has 0 radical (unpaired) electrons. The molecule has 1 amide bonds. The summed E-state index contributed by atoms with van der Waals surface area (Å²) in [5.74, 6) is -0.158. The average molecular weight is 383 g/mol. The lowest BCUT2D eigenvalue weighted by molar-refractivity contribution is 0.0944. The normalized spacial score (nSPS) is 12.4. The van der Waals surface area contributed by atoms with Crippen molar-refractivity contribution in [2.75, 3.05) is 0 Å². The molecule has 2 N–H and O–H groups in total. The molecule has 0 aliphatic heterocycles. The smallest absolute Gasteiger partial charge is 0.270 e. The highest BCUT2D eigenvalue weighted by atomic mass is 32.1. The topological polar surface area (TPSA) is 66.6 Å². The Morgan fingerprint density at radius 1 is 1.31 bits per heavy atom. The van der Waals surface area contributed by atoms with Crippen LogP contribution in [-0.2, 0) is 6.54 Å². The monoisotopic (exact) mass is 383 g/mol. The van der Waals surface area contributed by atoms with Crippen LogP contribution in [0.5, 0.6) is 0 Å². The first-order valence-electron chi connectivity index (χ1n) is 8.14. The van der Waals surface area contributed by atoms with E-state index in [1.54, 1.807) is 15.7 Å². The van der Waals surface area contributed by atoms with Gasteiger partial charge in [-0.05, 0) is 53.6 Å². The molecule has 0 aromatic carbocycles. The largest absolute Gasteiger partial charge is 0.383 e. The number of imidazole rings is 1. The molecule has 4 heterocycles. The molecular formula is C19H17N3O2S2. The van der Waals surface area contributed by atoms with Crippen LogP contribution in [0.4, 0.5) is 0 Å². The maximum absolute atomic E-state index is 12.6. The second-order valence-electron chi connectivity index (χ2n) is 5.92. The second kappa shape index (κ2) is 7.03. The van der Waals surface area contributed by atoms with Gasteiger partial charge < -0.3 is 10.4 Å². The molecule has 4 aromatic heterocycles. The highest BCUT2D eigenvalue weighted by Crippen LogP contribution is 2.29. The van der Waals surface area contributed by atoms with Crippen LogP contribution in [0.25, 0.3) is 5.65 Å². The van der Waals surface area contributed by atoms with Gasteiger partial charge in [0.05, 0.1) is 12.2 Å². The lowest BCUT2D eigenvalue weighted by Crippen LogP contribution is -2.24. The minimum Gasteiger partial charge on any atom is -0.383 e. The van der Waals surface area contributed by atoms with E-state index in [1.807, 2.05) is 60.3 Å². The fourth-order valence-corrected chi connectivity index (χ4v) is 4.52. The highest BCUT2D eigenvalue weighted by Gasteiger charge is 2.17. The summed E-state index contributed by atoms with van der Waals surface area (Å²) in [6, 6.07) is 11.4. The molecule has 0 saturated carbocycles. The molecule has 0 fully saturated rings. The van der Waals surface area contributed by atoms with Crippen LogP contribution < -0.4 is 5.32 Å². The van der Waals surface area contributed by atoms with E-state index in [0.717, 1.165) is 21.0 Å². The molecule has 1 unspecified atom stereocenters. The Morgan fingerprint density at radius 2 is 2.19 bits per heavy atom. The third kappa shape index (κ3) is 3.16. The number of amides is 1. The van der Waals surface area contributed by atoms with Crippen molar-refractivity contribution in [3.8, 4) is 0 Å². The standard InChI is InChI=1S/C19H17N3O2S2/c1-12-17(22-8-3-2-4-16(22)21-12)19(24)20-10-14-5-6-15(26-14)18(23)13-7-9-25-11-13/h2-9,11,18,23H,10H2,1H3,(H,20,24). The third-order valence-electron chi connectivity index (χ3n) is 4.15. The fourth-order valence-electron chi connectivity index (χ4n) is 2.87. The quantitative estimate of drug-likeness (QED) is 0.551. The summed E-state index contributed by atoms with van der Waals surface area (Å²) in [6.45, 7) is 2.25. The Bertz CT molecular complexity index is 1050. The lowest BCUT2D eigenvalue weighted by Gasteiger charge is -2.06. The number of carbonyl (C=O) groups is 1. The Morgan fingerprint density at radius 3 is 3.00 bits per heavy atom. The molecule has 1 atom stereocenters. The first-order chi connectivity index (χ1) is 12.6. The Hall–Kier alpha value is -2.48. The fraction of sp³-hybridized carbons (Fsp3) is 0.158. The minimum atomic E-state index is -0.614. The van der Waals surface area contributed by atoms with Gasteiger partial charge in [0.2, 0.25) is 0 Å². The summed E-state index contributed by atoms with van der Waals surface area (Å²) < 4.78 is 1.80. The van der Waals surface area contributed by atoms with Gasteiger partial charge in [0, 0.05) is 16.0 Å². The maximum Gasteiger partial charge on any atom is 0.270 e. The number of thiophene rings is 2. The number of carbonyl (C=O) groups excluding carboxylic acids is 1. The van der Waals surface area contributed by atoms with Crippen LogP contribution in [0, 0.1) is 6.92 Å². The van der Waals surface area contributed by atoms with E-state index in [4.69, 9.17) is 0 Å². The number of aryl methyl sites for hydroxylation is 1. The van der Waals surface area contributed by atoms with Gasteiger partial charge in [-0.2, -0.15) is 11.3 Å². The van der Waals surface area contributed by atoms with Gasteiger partial charge >= 0.3 is 0 Å². The summed E-state index contributed by atoms with van der Waals surface area (Å²) in [5, 5.41) is 17.2. The molecule has 4 aromatic rings. The molecule has 4 rings (SSSR count). The molecular weight excluding hydrogens is 366 g/mol. The summed E-state index contributed by atoms with van der Waals surface area (Å²) in [6.07, 6.45) is 1.22. The molecule has 0 spiro atoms. The summed E-state index contributed by atoms with van der Waals surface area (Å²) in [5.41, 5.74) is 2.91. The van der Waals surface area contributed by atoms with E-state index in [9.17, 15) is 9.90 Å². The number of hydrogen-bond donors (Lipinski definition) is 2. The summed E-state index contributed by atoms with van der Waals surface area (Å²) >= 11 is 3.07. The number of fused-ring (bicyclic) bond motifs is 1. The van der Waals surface area contributed by atoms with Crippen molar-refractivity contribution < 1.29 is 9.90 Å². The van der Waals surface area contributed by atoms with Gasteiger partial charge in [0.25, 0.3) is 5.91 Å². The van der Waals surface area contributed by atoms with Crippen LogP contribution in [0.1, 0.15) is 37.6 Å². The van der Waals surface area contributed by atoms with E-state index in [0.29, 0.717) is 17.9 Å². The van der Waals surface area contributed by atoms with Gasteiger partial charge in [0.1, 0.15) is 17.4 Å². The first-order valence-corrected chi connectivity index (χ1v) is 9.90. The number of hydrogen-bond acceptors (Lipinski definition) is 5. The summed E-state index contributed by atoms with van der Waals surface area (Å²) in [7, 11) is 0. The van der Waals surface area contributed by atoms with E-state index in [-0.39, 0.29) is 5.91 Å². The zero-order chi connectivity index (χ0) is 18.1. The number of aliphatic hydroxyl groups excluding tert-OH is 1. The Labute approximate surface area is 158 Å². The molecule has 5 nitrogen and oxygen atoms in total. The first kappa shape index (κ1) is 17.0. The Balaban J connectivity index is 1.47. The molecule has 0 saturated heterocycles. The van der Waals surface area contributed by atoms with Crippen molar-refractivity contribution in [2.45, 2.75) is 19.6 Å². The zero-order valence-corrected chi connectivity index (χ0v) is 15.7. The number of aliphatic hydroxyl groups is 1. The number of aromatic nitrogens is 2. The Kier molecular flexibility index (Phi) is 4.58. The SMILES string of the molecule is Cc1nc2ccccn2c1C(=O)NCc1ccc(C(O)c2ccsc2)s1. The van der Waals surface area contributed by atoms with E-state index < -0.39 is 6.10 Å². The molecule has 0 aliphatic rings. The maximum atomic E-state index is 12.6. The van der Waals surface area contributed by atoms with E-state index >= 15 is 0 Å². The van der Waals surface area contributed by atoms with Gasteiger partial charge in [-0.25, -0.2) is 4.98 Å². The van der Waals surface area contributed by atoms with Crippen molar-refractivity contribution in [3.05, 3.63) is 80.1 Å². The van der Waals surface area contributed by atoms with Crippen LogP contribution in [-0.4, -0.2) is 20.4 Å². The number of nitrogens with zero attached hydrogens (tertiary/aromatic N) is 2. The number of nitrogens with one attached hydrogen (secondary N) is 1.